The van der Waals surface area contributed by atoms with Crippen LogP contribution in [0.1, 0.15) is 111 Å². The van der Waals surface area contributed by atoms with Gasteiger partial charge in [0.15, 0.2) is 0 Å². The third-order valence-corrected chi connectivity index (χ3v) is 16.2. The number of para-hydroxylation sites is 4. The Morgan fingerprint density at radius 1 is 0.416 bits per heavy atom. The molecule has 4 heterocycles. The van der Waals surface area contributed by atoms with Crippen molar-refractivity contribution >= 4 is 32.8 Å². The molecule has 0 atom stereocenters. The van der Waals surface area contributed by atoms with Crippen LogP contribution in [0.4, 0.5) is 0 Å². The Morgan fingerprint density at radius 3 is 1.51 bits per heavy atom. The van der Waals surface area contributed by atoms with Gasteiger partial charge in [-0.1, -0.05) is 18.2 Å². The Kier molecular flexibility index (Phi) is 12.9. The Morgan fingerprint density at radius 2 is 0.948 bits per heavy atom. The van der Waals surface area contributed by atoms with Gasteiger partial charge in [0.25, 0.3) is 0 Å². The summed E-state index contributed by atoms with van der Waals surface area (Å²) < 4.78 is 15.1. The van der Waals surface area contributed by atoms with E-state index in [1.54, 1.807) is 6.20 Å². The molecular formula is C70H69N5OPt. The summed E-state index contributed by atoms with van der Waals surface area (Å²) in [4.78, 5) is 9.43. The summed E-state index contributed by atoms with van der Waals surface area (Å²) in [6.45, 7) is 30.0. The minimum Gasteiger partial charge on any atom is -0.264 e. The van der Waals surface area contributed by atoms with Crippen molar-refractivity contribution in [3.8, 4) is 62.1 Å². The van der Waals surface area contributed by atoms with Crippen LogP contribution in [0.2, 0.25) is 0 Å². The molecule has 0 saturated heterocycles. The molecule has 7 heteroatoms. The number of ether oxygens (including phenoxy) is 1. The summed E-state index contributed by atoms with van der Waals surface area (Å²) in [6, 6.07) is 60.0. The third-order valence-electron chi connectivity index (χ3n) is 15.2. The maximum atomic E-state index is 6.92. The molecule has 0 amide bonds. The van der Waals surface area contributed by atoms with Crippen LogP contribution in [0.15, 0.2) is 182 Å². The van der Waals surface area contributed by atoms with Crippen LogP contribution in [0.3, 0.4) is 0 Å². The summed E-state index contributed by atoms with van der Waals surface area (Å²) in [5.74, 6) is 2.33. The van der Waals surface area contributed by atoms with Gasteiger partial charge in [0.05, 0.1) is 0 Å². The zero-order chi connectivity index (χ0) is 54.3. The van der Waals surface area contributed by atoms with Crippen molar-refractivity contribution in [2.45, 2.75) is 112 Å². The van der Waals surface area contributed by atoms with Crippen LogP contribution in [0.5, 0.6) is 11.5 Å². The van der Waals surface area contributed by atoms with Gasteiger partial charge in [0.1, 0.15) is 0 Å². The first-order chi connectivity index (χ1) is 36.5. The van der Waals surface area contributed by atoms with Crippen LogP contribution < -0.4 is 4.74 Å². The molecule has 11 rings (SSSR count). The molecule has 6 nitrogen and oxygen atoms in total. The van der Waals surface area contributed by atoms with E-state index in [1.807, 2.05) is 18.5 Å². The molecule has 390 valence electrons. The van der Waals surface area contributed by atoms with Crippen LogP contribution >= 0.6 is 0 Å². The second-order valence-corrected chi connectivity index (χ2v) is 25.9. The van der Waals surface area contributed by atoms with Crippen LogP contribution in [-0.2, 0) is 41.0 Å². The van der Waals surface area contributed by atoms with Crippen molar-refractivity contribution in [2.75, 3.05) is 0 Å². The van der Waals surface area contributed by atoms with Gasteiger partial charge in [0.2, 0.25) is 0 Å². The predicted molar refractivity (Wildman–Crippen MR) is 318 cm³/mol. The first-order valence-electron chi connectivity index (χ1n) is 26.9. The van der Waals surface area contributed by atoms with E-state index in [4.69, 9.17) is 9.72 Å². The molecule has 0 radical (unpaired) electrons. The summed E-state index contributed by atoms with van der Waals surface area (Å²) >= 11 is 2.57. The maximum absolute atomic E-state index is 6.92. The molecule has 0 aliphatic carbocycles. The number of nitrogens with zero attached hydrogens (tertiary/aromatic N) is 5. The van der Waals surface area contributed by atoms with Crippen molar-refractivity contribution < 1.29 is 24.1 Å². The van der Waals surface area contributed by atoms with E-state index in [-0.39, 0.29) is 21.7 Å². The van der Waals surface area contributed by atoms with Gasteiger partial charge in [0, 0.05) is 29.7 Å². The fraction of sp³-hybridized carbons (Fsp3) is 0.243. The third kappa shape index (κ3) is 9.76. The molecule has 4 aromatic heterocycles. The van der Waals surface area contributed by atoms with E-state index in [9.17, 15) is 0 Å². The average Bonchev–Trinajstić information content (AvgIpc) is 3.95. The fourth-order valence-electron chi connectivity index (χ4n) is 10.7. The van der Waals surface area contributed by atoms with E-state index >= 15 is 0 Å². The van der Waals surface area contributed by atoms with Crippen LogP contribution in [0, 0.1) is 10.7 Å². The van der Waals surface area contributed by atoms with Gasteiger partial charge in [-0.3, -0.25) is 4.98 Å². The standard InChI is InChI=1S/C70H69N5O.Pt/c1-45-33-65(72-43-60(45)46-21-20-32-71-42-46)75-61-27-15-14-24-58(61)59-31-30-55(41-64(59)75)76-54-23-18-22-53(40-54)73-44-74(63-29-17-16-28-62(63)73)66-56(47-34-49(67(2,3)4)38-50(35-47)68(5,6)7)25-19-26-57(66)48-36-51(69(8,9)10)39-52(37-48)70(11,12)13;/h14-43H,1-13H3;. The average molecular weight is 1190 g/mol. The number of imidazole rings is 1. The number of hydrogen-bond donors (Lipinski definition) is 0. The van der Waals surface area contributed by atoms with Crippen molar-refractivity contribution in [1.82, 2.24) is 23.7 Å². The van der Waals surface area contributed by atoms with Gasteiger partial charge in [-0.2, -0.15) is 0 Å². The number of rotatable bonds is 8. The molecule has 0 spiro atoms. The first kappa shape index (κ1) is 51.7. The fourth-order valence-corrected chi connectivity index (χ4v) is 11.8. The molecule has 11 aromatic rings. The Hall–Kier alpha value is -7.40. The van der Waals surface area contributed by atoms with Gasteiger partial charge in [-0.05, 0) is 18.6 Å². The minimum atomic E-state index is -0.0604. The van der Waals surface area contributed by atoms with Gasteiger partial charge < -0.3 is 0 Å². The summed E-state index contributed by atoms with van der Waals surface area (Å²) in [5, 5.41) is 2.29. The van der Waals surface area contributed by atoms with Crippen LogP contribution in [0.25, 0.3) is 83.4 Å². The van der Waals surface area contributed by atoms with E-state index in [2.05, 4.69) is 286 Å². The van der Waals surface area contributed by atoms with Gasteiger partial charge in [-0.25, -0.2) is 0 Å². The number of benzene rings is 7. The van der Waals surface area contributed by atoms with E-state index < -0.39 is 0 Å². The molecule has 0 N–H and O–H groups in total. The van der Waals surface area contributed by atoms with Gasteiger partial charge >= 0.3 is 397 Å². The molecule has 0 saturated carbocycles. The molecule has 0 aliphatic heterocycles. The first-order valence-corrected chi connectivity index (χ1v) is 28.0. The van der Waals surface area contributed by atoms with Crippen molar-refractivity contribution in [3.63, 3.8) is 0 Å². The second kappa shape index (κ2) is 19.3. The second-order valence-electron chi connectivity index (χ2n) is 24.9. The molecule has 0 bridgehead atoms. The molecule has 77 heavy (non-hydrogen) atoms. The Bertz CT molecular complexity index is 3990. The van der Waals surface area contributed by atoms with E-state index in [1.165, 1.54) is 44.5 Å². The zero-order valence-corrected chi connectivity index (χ0v) is 49.1. The van der Waals surface area contributed by atoms with Crippen LogP contribution in [-0.4, -0.2) is 23.7 Å². The predicted octanol–water partition coefficient (Wildman–Crippen LogP) is 18.7. The number of pyridine rings is 2. The number of hydrogen-bond acceptors (Lipinski definition) is 3. The zero-order valence-electron chi connectivity index (χ0n) is 46.8. The Labute approximate surface area is 465 Å². The molecular weight excluding hydrogens is 1120 g/mol. The number of fused-ring (bicyclic) bond motifs is 4. The molecule has 0 aliphatic rings. The summed E-state index contributed by atoms with van der Waals surface area (Å²) in [6.07, 6.45) is 5.65. The van der Waals surface area contributed by atoms with Crippen molar-refractivity contribution in [3.05, 3.63) is 214 Å². The monoisotopic (exact) mass is 1190 g/mol. The summed E-state index contributed by atoms with van der Waals surface area (Å²) in [5.41, 5.74) is 19.5. The number of aromatic nitrogens is 5. The van der Waals surface area contributed by atoms with Gasteiger partial charge in [-0.15, -0.1) is 0 Å². The van der Waals surface area contributed by atoms with Crippen molar-refractivity contribution in [2.24, 2.45) is 0 Å². The topological polar surface area (TPSA) is 49.8 Å². The van der Waals surface area contributed by atoms with E-state index in [0.29, 0.717) is 0 Å². The quantitative estimate of drug-likeness (QED) is 0.152. The van der Waals surface area contributed by atoms with E-state index in [0.717, 1.165) is 82.0 Å². The Balaban J connectivity index is 1.08. The molecule has 0 fully saturated rings. The van der Waals surface area contributed by atoms with Crippen molar-refractivity contribution in [1.29, 1.82) is 0 Å². The smallest absolute Gasteiger partial charge is 0.264 e. The molecule has 7 aromatic carbocycles. The number of aryl methyl sites for hydroxylation is 1. The molecule has 0 unspecified atom stereocenters. The normalized spacial score (nSPS) is 12.6. The minimum absolute atomic E-state index is 0.0604. The summed E-state index contributed by atoms with van der Waals surface area (Å²) in [7, 11) is 0. The SMILES string of the molecule is Cc1cc(-n2c3ccccc3c3ccc(Oc4cccc(-n5[c](=[Pt])n(-c6c(-c7cc(C(C)(C)C)cc(C(C)(C)C)c7)cccc6-c6cc(C(C)(C)C)cc(C(C)(C)C)c6)c6ccccc65)c4)cc32)ncc1-c1cccnc1.